The number of aromatic nitrogens is 1. The van der Waals surface area contributed by atoms with E-state index in [0.717, 1.165) is 67.8 Å². The van der Waals surface area contributed by atoms with Crippen LogP contribution in [0.1, 0.15) is 62.6 Å². The van der Waals surface area contributed by atoms with Gasteiger partial charge in [0.05, 0.1) is 5.92 Å². The minimum atomic E-state index is -0.298. The molecule has 1 aromatic heterocycles. The summed E-state index contributed by atoms with van der Waals surface area (Å²) in [7, 11) is 0. The lowest BCUT2D eigenvalue weighted by atomic mass is 9.69. The molecule has 1 unspecified atom stereocenters. The van der Waals surface area contributed by atoms with Crippen molar-refractivity contribution in [2.75, 3.05) is 36.4 Å². The van der Waals surface area contributed by atoms with Crippen molar-refractivity contribution >= 4 is 29.1 Å². The zero-order valence-corrected chi connectivity index (χ0v) is 23.2. The fourth-order valence-electron chi connectivity index (χ4n) is 7.49. The third-order valence-corrected chi connectivity index (χ3v) is 9.19. The molecule has 4 atom stereocenters. The number of anilines is 2. The number of benzene rings is 1. The minimum Gasteiger partial charge on any atom is -0.366 e. The van der Waals surface area contributed by atoms with E-state index in [9.17, 15) is 19.2 Å². The number of rotatable bonds is 6. The molecular weight excluding hydrogens is 506 g/mol. The number of carbonyl (C=O) groups excluding carboxylic acids is 3. The third kappa shape index (κ3) is 5.13. The molecule has 0 saturated carbocycles. The summed E-state index contributed by atoms with van der Waals surface area (Å²) in [5, 5.41) is 6.08. The molecule has 3 amide bonds. The molecule has 2 fully saturated rings. The van der Waals surface area contributed by atoms with Crippen molar-refractivity contribution in [3.8, 4) is 0 Å². The third-order valence-electron chi connectivity index (χ3n) is 9.19. The van der Waals surface area contributed by atoms with Gasteiger partial charge in [0.1, 0.15) is 0 Å². The van der Waals surface area contributed by atoms with Crippen LogP contribution < -0.4 is 21.1 Å². The lowest BCUT2D eigenvalue weighted by molar-refractivity contribution is -0.130. The number of fused-ring (bicyclic) bond motifs is 8. The van der Waals surface area contributed by atoms with Gasteiger partial charge in [-0.1, -0.05) is 12.5 Å². The first-order chi connectivity index (χ1) is 19.4. The number of hydrogen-bond acceptors (Lipinski definition) is 5. The fourth-order valence-corrected chi connectivity index (χ4v) is 7.49. The predicted molar refractivity (Wildman–Crippen MR) is 153 cm³/mol. The number of pyridine rings is 1. The van der Waals surface area contributed by atoms with Crippen LogP contribution >= 0.6 is 0 Å². The van der Waals surface area contributed by atoms with E-state index in [1.165, 1.54) is 6.92 Å². The van der Waals surface area contributed by atoms with Crippen LogP contribution in [0.2, 0.25) is 0 Å². The Labute approximate surface area is 234 Å². The summed E-state index contributed by atoms with van der Waals surface area (Å²) >= 11 is 0. The molecule has 2 aromatic rings. The molecule has 0 spiro atoms. The molecule has 6 rings (SSSR count). The largest absolute Gasteiger partial charge is 0.366 e. The lowest BCUT2D eigenvalue weighted by Gasteiger charge is -2.54. The highest BCUT2D eigenvalue weighted by molar-refractivity contribution is 5.89. The standard InChI is InChI=1S/C31H39N5O4/c1-20(37)33-23-10-11-26-22(16-23)17-25(31(40)32-12-6-14-34-13-4-2-3-8-28(34)38)30-24-15-21(19-36(26)30)18-35-27(24)7-5-9-29(35)39/h5,7,9-11,16,21,24-25,30H,2-4,6,8,12-15,17-19H2,1H3,(H,32,40)(H,33,37)/t21-,24+,25?,30+/m0/s1. The first-order valence-electron chi connectivity index (χ1n) is 14.8. The molecule has 2 saturated heterocycles. The first-order valence-corrected chi connectivity index (χ1v) is 14.8. The lowest BCUT2D eigenvalue weighted by Crippen LogP contribution is -2.60. The summed E-state index contributed by atoms with van der Waals surface area (Å²) in [5.41, 5.74) is 3.96. The highest BCUT2D eigenvalue weighted by Crippen LogP contribution is 2.48. The first kappa shape index (κ1) is 26.6. The van der Waals surface area contributed by atoms with E-state index in [-0.39, 0.29) is 41.2 Å². The highest BCUT2D eigenvalue weighted by atomic mass is 16.2. The van der Waals surface area contributed by atoms with Crippen molar-refractivity contribution in [1.82, 2.24) is 14.8 Å². The van der Waals surface area contributed by atoms with E-state index in [1.54, 1.807) is 6.07 Å². The number of amides is 3. The highest BCUT2D eigenvalue weighted by Gasteiger charge is 2.49. The monoisotopic (exact) mass is 545 g/mol. The van der Waals surface area contributed by atoms with Crippen LogP contribution in [0.5, 0.6) is 0 Å². The second-order valence-corrected chi connectivity index (χ2v) is 11.9. The number of hydrogen-bond donors (Lipinski definition) is 2. The number of carbonyl (C=O) groups is 3. The van der Waals surface area contributed by atoms with Crippen LogP contribution in [0.4, 0.5) is 11.4 Å². The average Bonchev–Trinajstić information content (AvgIpc) is 3.14. The van der Waals surface area contributed by atoms with Gasteiger partial charge in [0.15, 0.2) is 0 Å². The maximum Gasteiger partial charge on any atom is 0.250 e. The van der Waals surface area contributed by atoms with Crippen molar-refractivity contribution < 1.29 is 14.4 Å². The van der Waals surface area contributed by atoms with E-state index in [0.29, 0.717) is 38.4 Å². The van der Waals surface area contributed by atoms with Gasteiger partial charge >= 0.3 is 0 Å². The molecule has 2 bridgehead atoms. The fraction of sp³-hybridized carbons (Fsp3) is 0.548. The molecular formula is C31H39N5O4. The van der Waals surface area contributed by atoms with E-state index < -0.39 is 0 Å². The van der Waals surface area contributed by atoms with Crippen LogP contribution in [0.15, 0.2) is 41.2 Å². The Kier molecular flexibility index (Phi) is 7.38. The predicted octanol–water partition coefficient (Wildman–Crippen LogP) is 2.88. The zero-order chi connectivity index (χ0) is 27.8. The van der Waals surface area contributed by atoms with Crippen molar-refractivity contribution in [2.24, 2.45) is 11.8 Å². The Morgan fingerprint density at radius 3 is 2.77 bits per heavy atom. The molecule has 1 aromatic carbocycles. The average molecular weight is 546 g/mol. The quantitative estimate of drug-likeness (QED) is 0.544. The van der Waals surface area contributed by atoms with Crippen LogP contribution in [0.3, 0.4) is 0 Å². The smallest absolute Gasteiger partial charge is 0.250 e. The van der Waals surface area contributed by atoms with Crippen molar-refractivity contribution in [1.29, 1.82) is 0 Å². The van der Waals surface area contributed by atoms with Gasteiger partial charge < -0.3 is 25.0 Å². The molecule has 9 heteroatoms. The van der Waals surface area contributed by atoms with Gasteiger partial charge in [-0.25, -0.2) is 0 Å². The van der Waals surface area contributed by atoms with E-state index >= 15 is 0 Å². The van der Waals surface area contributed by atoms with Crippen LogP contribution in [-0.4, -0.2) is 59.4 Å². The Bertz CT molecular complexity index is 1370. The van der Waals surface area contributed by atoms with Crippen LogP contribution in [-0.2, 0) is 27.3 Å². The molecule has 5 heterocycles. The summed E-state index contributed by atoms with van der Waals surface area (Å²) < 4.78 is 1.92. The molecule has 0 radical (unpaired) electrons. The van der Waals surface area contributed by atoms with Crippen molar-refractivity contribution in [2.45, 2.75) is 70.4 Å². The van der Waals surface area contributed by atoms with Gasteiger partial charge in [-0.15, -0.1) is 0 Å². The van der Waals surface area contributed by atoms with E-state index in [2.05, 4.69) is 21.6 Å². The maximum absolute atomic E-state index is 13.9. The van der Waals surface area contributed by atoms with Gasteiger partial charge in [-0.2, -0.15) is 0 Å². The summed E-state index contributed by atoms with van der Waals surface area (Å²) in [6.07, 6.45) is 5.99. The zero-order valence-electron chi connectivity index (χ0n) is 23.2. The van der Waals surface area contributed by atoms with Crippen molar-refractivity contribution in [3.63, 3.8) is 0 Å². The molecule has 2 N–H and O–H groups in total. The molecule has 40 heavy (non-hydrogen) atoms. The summed E-state index contributed by atoms with van der Waals surface area (Å²) in [5.74, 6) is 0.218. The maximum atomic E-state index is 13.9. The van der Waals surface area contributed by atoms with Crippen LogP contribution in [0.25, 0.3) is 0 Å². The molecule has 9 nitrogen and oxygen atoms in total. The summed E-state index contributed by atoms with van der Waals surface area (Å²) in [4.78, 5) is 55.1. The summed E-state index contributed by atoms with van der Waals surface area (Å²) in [6, 6.07) is 11.5. The van der Waals surface area contributed by atoms with Gasteiger partial charge in [-0.05, 0) is 67.9 Å². The van der Waals surface area contributed by atoms with E-state index in [1.807, 2.05) is 33.7 Å². The molecule has 4 aliphatic rings. The topological polar surface area (TPSA) is 104 Å². The second kappa shape index (κ2) is 11.1. The summed E-state index contributed by atoms with van der Waals surface area (Å²) in [6.45, 7) is 4.98. The number of likely N-dealkylation sites (tertiary alicyclic amines) is 1. The Hall–Kier alpha value is -3.62. The number of nitrogens with zero attached hydrogens (tertiary/aromatic N) is 3. The van der Waals surface area contributed by atoms with Gasteiger partial charge in [0.25, 0.3) is 5.56 Å². The molecule has 0 aliphatic carbocycles. The van der Waals surface area contributed by atoms with Crippen molar-refractivity contribution in [3.05, 3.63) is 58.0 Å². The normalized spacial score (nSPS) is 25.3. The SMILES string of the molecule is CC(=O)Nc1ccc2c(c1)CC(C(=O)NCCCN1CCCCCC1=O)[C@H]1[C@@H]3C[C@H](CN21)Cn1c3cccc1=O. The Morgan fingerprint density at radius 2 is 1.93 bits per heavy atom. The minimum absolute atomic E-state index is 0.0154. The Morgan fingerprint density at radius 1 is 1.05 bits per heavy atom. The molecule has 212 valence electrons. The number of piperidine rings is 1. The Balaban J connectivity index is 1.25. The molecule has 4 aliphatic heterocycles. The van der Waals surface area contributed by atoms with Gasteiger partial charge in [0.2, 0.25) is 17.7 Å². The van der Waals surface area contributed by atoms with E-state index in [4.69, 9.17) is 0 Å². The van der Waals surface area contributed by atoms with Crippen LogP contribution in [0, 0.1) is 11.8 Å². The van der Waals surface area contributed by atoms with Gasteiger partial charge in [0, 0.05) is 81.2 Å². The van der Waals surface area contributed by atoms with Gasteiger partial charge in [-0.3, -0.25) is 19.2 Å². The second-order valence-electron chi connectivity index (χ2n) is 11.9. The number of nitrogens with one attached hydrogen (secondary N) is 2.